The Morgan fingerprint density at radius 1 is 1.06 bits per heavy atom. The Labute approximate surface area is 196 Å². The van der Waals surface area contributed by atoms with Gasteiger partial charge in [0.05, 0.1) is 23.4 Å². The monoisotopic (exact) mass is 466 g/mol. The number of nitrogens with zero attached hydrogens (tertiary/aromatic N) is 4. The van der Waals surface area contributed by atoms with Crippen LogP contribution in [0.5, 0.6) is 0 Å². The van der Waals surface area contributed by atoms with E-state index >= 15 is 0 Å². The smallest absolute Gasteiger partial charge is 0.257 e. The average molecular weight is 467 g/mol. The Balaban J connectivity index is 1.22. The predicted octanol–water partition coefficient (Wildman–Crippen LogP) is 4.37. The SMILES string of the molecule is O=C(CN1CCCN(Cc2ccc(F)cc2)CC1)N1N=C(c2cccs2)C[C@H]1c1ccco1. The molecular formula is C25H27FN4O2S. The number of carbonyl (C=O) groups excluding carboxylic acids is 1. The second-order valence-electron chi connectivity index (χ2n) is 8.53. The molecule has 172 valence electrons. The van der Waals surface area contributed by atoms with Gasteiger partial charge in [0.15, 0.2) is 0 Å². The molecule has 1 amide bonds. The van der Waals surface area contributed by atoms with Crippen LogP contribution in [0.15, 0.2) is 69.7 Å². The van der Waals surface area contributed by atoms with Gasteiger partial charge in [-0.1, -0.05) is 18.2 Å². The van der Waals surface area contributed by atoms with Gasteiger partial charge < -0.3 is 4.42 Å². The van der Waals surface area contributed by atoms with Crippen molar-refractivity contribution in [1.29, 1.82) is 0 Å². The molecule has 3 aromatic rings. The van der Waals surface area contributed by atoms with Crippen molar-refractivity contribution in [3.05, 3.63) is 82.2 Å². The molecule has 2 aliphatic rings. The third-order valence-electron chi connectivity index (χ3n) is 6.20. The van der Waals surface area contributed by atoms with Gasteiger partial charge >= 0.3 is 0 Å². The van der Waals surface area contributed by atoms with Crippen LogP contribution in [0.2, 0.25) is 0 Å². The van der Waals surface area contributed by atoms with E-state index in [0.717, 1.165) is 61.1 Å². The van der Waals surface area contributed by atoms with E-state index in [1.54, 1.807) is 22.6 Å². The third kappa shape index (κ3) is 5.24. The van der Waals surface area contributed by atoms with E-state index in [1.807, 2.05) is 41.8 Å². The Morgan fingerprint density at radius 2 is 1.88 bits per heavy atom. The summed E-state index contributed by atoms with van der Waals surface area (Å²) < 4.78 is 18.8. The standard InChI is InChI=1S/C25H27FN4O2S/c26-20-8-6-19(7-9-20)17-28-10-3-11-29(13-12-28)18-25(31)30-22(23-4-1-14-32-23)16-21(27-30)24-5-2-15-33-24/h1-2,4-9,14-15,22H,3,10-13,16-18H2/t22-/m0/s1. The lowest BCUT2D eigenvalue weighted by atomic mass is 10.1. The zero-order chi connectivity index (χ0) is 22.6. The van der Waals surface area contributed by atoms with Crippen LogP contribution >= 0.6 is 11.3 Å². The fraction of sp³-hybridized carbons (Fsp3) is 0.360. The van der Waals surface area contributed by atoms with Crippen molar-refractivity contribution in [3.63, 3.8) is 0 Å². The number of halogens is 1. The molecule has 0 N–H and O–H groups in total. The first-order valence-corrected chi connectivity index (χ1v) is 12.2. The molecular weight excluding hydrogens is 439 g/mol. The van der Waals surface area contributed by atoms with Crippen molar-refractivity contribution >= 4 is 23.0 Å². The van der Waals surface area contributed by atoms with E-state index in [2.05, 4.69) is 9.80 Å². The van der Waals surface area contributed by atoms with Crippen molar-refractivity contribution in [2.24, 2.45) is 5.10 Å². The molecule has 2 aromatic heterocycles. The minimum Gasteiger partial charge on any atom is -0.467 e. The molecule has 0 spiro atoms. The summed E-state index contributed by atoms with van der Waals surface area (Å²) in [5.74, 6) is 0.550. The number of furan rings is 1. The van der Waals surface area contributed by atoms with Crippen LogP contribution < -0.4 is 0 Å². The summed E-state index contributed by atoms with van der Waals surface area (Å²) in [5.41, 5.74) is 2.04. The molecule has 0 bridgehead atoms. The first kappa shape index (κ1) is 22.0. The number of benzene rings is 1. The van der Waals surface area contributed by atoms with E-state index < -0.39 is 0 Å². The number of hydrazone groups is 1. The molecule has 8 heteroatoms. The van der Waals surface area contributed by atoms with Crippen molar-refractivity contribution in [3.8, 4) is 0 Å². The van der Waals surface area contributed by atoms with E-state index in [-0.39, 0.29) is 17.8 Å². The number of hydrogen-bond donors (Lipinski definition) is 0. The Kier molecular flexibility index (Phi) is 6.66. The lowest BCUT2D eigenvalue weighted by Crippen LogP contribution is -2.40. The lowest BCUT2D eigenvalue weighted by molar-refractivity contribution is -0.134. The van der Waals surface area contributed by atoms with Crippen LogP contribution in [0, 0.1) is 5.82 Å². The zero-order valence-corrected chi connectivity index (χ0v) is 19.2. The summed E-state index contributed by atoms with van der Waals surface area (Å²) in [6.07, 6.45) is 3.29. The fourth-order valence-electron chi connectivity index (χ4n) is 4.49. The van der Waals surface area contributed by atoms with Gasteiger partial charge in [0.2, 0.25) is 0 Å². The van der Waals surface area contributed by atoms with E-state index in [4.69, 9.17) is 9.52 Å². The number of rotatable bonds is 6. The number of hydrogen-bond acceptors (Lipinski definition) is 6. The van der Waals surface area contributed by atoms with E-state index in [9.17, 15) is 9.18 Å². The maximum Gasteiger partial charge on any atom is 0.257 e. The third-order valence-corrected chi connectivity index (χ3v) is 7.12. The molecule has 1 aromatic carbocycles. The minimum absolute atomic E-state index is 0.00468. The molecule has 1 fully saturated rings. The van der Waals surface area contributed by atoms with Gasteiger partial charge in [0.1, 0.15) is 17.6 Å². The topological polar surface area (TPSA) is 52.3 Å². The molecule has 0 aliphatic carbocycles. The Morgan fingerprint density at radius 3 is 2.64 bits per heavy atom. The molecule has 6 nitrogen and oxygen atoms in total. The van der Waals surface area contributed by atoms with Crippen LogP contribution in [0.1, 0.15) is 35.1 Å². The highest BCUT2D eigenvalue weighted by atomic mass is 32.1. The molecule has 2 aliphatic heterocycles. The van der Waals surface area contributed by atoms with Crippen LogP contribution in [-0.4, -0.2) is 59.2 Å². The van der Waals surface area contributed by atoms with Gasteiger partial charge in [0.25, 0.3) is 5.91 Å². The van der Waals surface area contributed by atoms with Gasteiger partial charge in [-0.3, -0.25) is 14.6 Å². The van der Waals surface area contributed by atoms with Crippen LogP contribution in [-0.2, 0) is 11.3 Å². The van der Waals surface area contributed by atoms with Crippen molar-refractivity contribution in [2.45, 2.75) is 25.4 Å². The second-order valence-corrected chi connectivity index (χ2v) is 9.48. The summed E-state index contributed by atoms with van der Waals surface area (Å²) in [5, 5.41) is 8.36. The van der Waals surface area contributed by atoms with Crippen LogP contribution in [0.4, 0.5) is 4.39 Å². The van der Waals surface area contributed by atoms with Crippen molar-refractivity contribution in [1.82, 2.24) is 14.8 Å². The highest BCUT2D eigenvalue weighted by Gasteiger charge is 2.35. The highest BCUT2D eigenvalue weighted by Crippen LogP contribution is 2.34. The first-order chi connectivity index (χ1) is 16.2. The van der Waals surface area contributed by atoms with Gasteiger partial charge in [0, 0.05) is 26.1 Å². The second kappa shape index (κ2) is 9.99. The normalized spacial score (nSPS) is 20.1. The summed E-state index contributed by atoms with van der Waals surface area (Å²) >= 11 is 1.64. The van der Waals surface area contributed by atoms with Gasteiger partial charge in [-0.2, -0.15) is 5.10 Å². The largest absolute Gasteiger partial charge is 0.467 e. The van der Waals surface area contributed by atoms with Gasteiger partial charge in [-0.15, -0.1) is 11.3 Å². The van der Waals surface area contributed by atoms with Crippen molar-refractivity contribution < 1.29 is 13.6 Å². The Bertz CT molecular complexity index is 1080. The fourth-order valence-corrected chi connectivity index (χ4v) is 5.21. The maximum atomic E-state index is 13.3. The Hall–Kier alpha value is -2.81. The van der Waals surface area contributed by atoms with E-state index in [1.165, 1.54) is 12.1 Å². The molecule has 1 atom stereocenters. The van der Waals surface area contributed by atoms with Gasteiger partial charge in [-0.05, 0) is 60.8 Å². The summed E-state index contributed by atoms with van der Waals surface area (Å²) in [7, 11) is 0. The summed E-state index contributed by atoms with van der Waals surface area (Å²) in [6, 6.07) is 14.3. The molecule has 0 unspecified atom stereocenters. The average Bonchev–Trinajstić information content (AvgIpc) is 3.57. The predicted molar refractivity (Wildman–Crippen MR) is 127 cm³/mol. The van der Waals surface area contributed by atoms with Crippen LogP contribution in [0.25, 0.3) is 0 Å². The zero-order valence-electron chi connectivity index (χ0n) is 18.4. The molecule has 33 heavy (non-hydrogen) atoms. The molecule has 0 saturated carbocycles. The van der Waals surface area contributed by atoms with Crippen molar-refractivity contribution in [2.75, 3.05) is 32.7 Å². The summed E-state index contributed by atoms with van der Waals surface area (Å²) in [6.45, 7) is 4.64. The quantitative estimate of drug-likeness (QED) is 0.542. The minimum atomic E-state index is -0.209. The number of amides is 1. The van der Waals surface area contributed by atoms with Gasteiger partial charge in [-0.25, -0.2) is 9.40 Å². The first-order valence-electron chi connectivity index (χ1n) is 11.3. The molecule has 0 radical (unpaired) electrons. The van der Waals surface area contributed by atoms with Crippen LogP contribution in [0.3, 0.4) is 0 Å². The molecule has 4 heterocycles. The number of thiophene rings is 1. The van der Waals surface area contributed by atoms with E-state index in [0.29, 0.717) is 13.0 Å². The number of carbonyl (C=O) groups is 1. The lowest BCUT2D eigenvalue weighted by Gasteiger charge is -2.25. The molecule has 1 saturated heterocycles. The maximum absolute atomic E-state index is 13.3. The summed E-state index contributed by atoms with van der Waals surface area (Å²) in [4.78, 5) is 19.0. The highest BCUT2D eigenvalue weighted by molar-refractivity contribution is 7.12. The molecule has 5 rings (SSSR count).